The molecule has 0 atom stereocenters. The fraction of sp³-hybridized carbons (Fsp3) is 0.650. The normalized spacial score (nSPS) is 12.2. The van der Waals surface area contributed by atoms with Gasteiger partial charge in [0.05, 0.1) is 0 Å². The summed E-state index contributed by atoms with van der Waals surface area (Å²) in [6.45, 7) is 17.4. The molecule has 0 heterocycles. The lowest BCUT2D eigenvalue weighted by Gasteiger charge is -2.37. The van der Waals surface area contributed by atoms with E-state index < -0.39 is 5.60 Å². The Morgan fingerprint density at radius 3 is 2.29 bits per heavy atom. The maximum absolute atomic E-state index is 12.5. The zero-order chi connectivity index (χ0) is 18.5. The van der Waals surface area contributed by atoms with Gasteiger partial charge in [-0.3, -0.25) is 0 Å². The highest BCUT2D eigenvalue weighted by atomic mass is 16.6. The smallest absolute Gasteiger partial charge is 0.410 e. The average molecular weight is 335 g/mol. The van der Waals surface area contributed by atoms with Crippen LogP contribution in [0.5, 0.6) is 0 Å². The highest BCUT2D eigenvalue weighted by molar-refractivity contribution is 5.69. The van der Waals surface area contributed by atoms with Crippen molar-refractivity contribution in [3.8, 4) is 0 Å². The number of rotatable bonds is 5. The summed E-state index contributed by atoms with van der Waals surface area (Å²) in [5.74, 6) is 0.500. The highest BCUT2D eigenvalue weighted by Gasteiger charge is 2.30. The molecule has 0 unspecified atom stereocenters. The van der Waals surface area contributed by atoms with Gasteiger partial charge in [-0.05, 0) is 65.2 Å². The molecule has 0 radical (unpaired) electrons. The number of nitrogens with one attached hydrogen (secondary N) is 1. The standard InChI is InChI=1S/C20H34N2O2/c1-15(2)16-10-9-11-17(14-16)21-12-13-22(19(3,4)5)18(23)24-20(6,7)8/h9-11,14-15,21H,12-13H2,1-8H3. The minimum absolute atomic E-state index is 0.271. The summed E-state index contributed by atoms with van der Waals surface area (Å²) in [4.78, 5) is 14.2. The largest absolute Gasteiger partial charge is 0.444 e. The minimum Gasteiger partial charge on any atom is -0.444 e. The molecule has 4 heteroatoms. The second-order valence-corrected chi connectivity index (χ2v) is 8.51. The lowest BCUT2D eigenvalue weighted by molar-refractivity contribution is 0.00749. The Balaban J connectivity index is 2.69. The predicted octanol–water partition coefficient (Wildman–Crippen LogP) is 5.26. The number of anilines is 1. The van der Waals surface area contributed by atoms with Gasteiger partial charge in [0.15, 0.2) is 0 Å². The second kappa shape index (κ2) is 7.91. The van der Waals surface area contributed by atoms with Crippen molar-refractivity contribution in [2.75, 3.05) is 18.4 Å². The maximum atomic E-state index is 12.5. The zero-order valence-corrected chi connectivity index (χ0v) is 16.6. The molecule has 0 saturated carbocycles. The van der Waals surface area contributed by atoms with Crippen LogP contribution >= 0.6 is 0 Å². The number of nitrogens with zero attached hydrogens (tertiary/aromatic N) is 1. The molecule has 1 rings (SSSR count). The Kier molecular flexibility index (Phi) is 6.70. The van der Waals surface area contributed by atoms with Crippen molar-refractivity contribution in [2.45, 2.75) is 72.4 Å². The monoisotopic (exact) mass is 334 g/mol. The Bertz CT molecular complexity index is 539. The Morgan fingerprint density at radius 1 is 1.17 bits per heavy atom. The summed E-state index contributed by atoms with van der Waals surface area (Å²) in [6, 6.07) is 8.42. The highest BCUT2D eigenvalue weighted by Crippen LogP contribution is 2.20. The Hall–Kier alpha value is -1.71. The van der Waals surface area contributed by atoms with E-state index in [1.165, 1.54) is 5.56 Å². The molecular weight excluding hydrogens is 300 g/mol. The first kappa shape index (κ1) is 20.3. The van der Waals surface area contributed by atoms with Crippen LogP contribution in [0.25, 0.3) is 0 Å². The molecule has 0 fully saturated rings. The molecule has 1 amide bonds. The van der Waals surface area contributed by atoms with Crippen LogP contribution in [0.4, 0.5) is 10.5 Å². The summed E-state index contributed by atoms with van der Waals surface area (Å²) in [6.07, 6.45) is -0.271. The van der Waals surface area contributed by atoms with Gasteiger partial charge < -0.3 is 15.0 Å². The zero-order valence-electron chi connectivity index (χ0n) is 16.6. The number of hydrogen-bond acceptors (Lipinski definition) is 3. The van der Waals surface area contributed by atoms with Gasteiger partial charge in [0.2, 0.25) is 0 Å². The van der Waals surface area contributed by atoms with Crippen LogP contribution in [0.2, 0.25) is 0 Å². The van der Waals surface area contributed by atoms with E-state index in [9.17, 15) is 4.79 Å². The molecule has 0 aliphatic rings. The number of carbonyl (C=O) groups is 1. The van der Waals surface area contributed by atoms with Gasteiger partial charge in [0.25, 0.3) is 0 Å². The van der Waals surface area contributed by atoms with E-state index in [0.717, 1.165) is 5.69 Å². The van der Waals surface area contributed by atoms with Crippen molar-refractivity contribution in [1.82, 2.24) is 4.90 Å². The van der Waals surface area contributed by atoms with Crippen LogP contribution in [-0.4, -0.2) is 35.2 Å². The summed E-state index contributed by atoms with van der Waals surface area (Å²) >= 11 is 0. The number of carbonyl (C=O) groups excluding carboxylic acids is 1. The summed E-state index contributed by atoms with van der Waals surface area (Å²) in [7, 11) is 0. The summed E-state index contributed by atoms with van der Waals surface area (Å²) in [5.41, 5.74) is 1.61. The van der Waals surface area contributed by atoms with E-state index in [-0.39, 0.29) is 11.6 Å². The van der Waals surface area contributed by atoms with Crippen LogP contribution < -0.4 is 5.32 Å². The molecular formula is C20H34N2O2. The van der Waals surface area contributed by atoms with Crippen molar-refractivity contribution >= 4 is 11.8 Å². The molecule has 1 aromatic carbocycles. The molecule has 24 heavy (non-hydrogen) atoms. The van der Waals surface area contributed by atoms with Crippen molar-refractivity contribution in [3.63, 3.8) is 0 Å². The minimum atomic E-state index is -0.487. The molecule has 0 saturated heterocycles. The van der Waals surface area contributed by atoms with E-state index in [0.29, 0.717) is 19.0 Å². The molecule has 4 nitrogen and oxygen atoms in total. The van der Waals surface area contributed by atoms with E-state index in [4.69, 9.17) is 4.74 Å². The third kappa shape index (κ3) is 6.81. The fourth-order valence-corrected chi connectivity index (χ4v) is 2.34. The molecule has 0 aliphatic heterocycles. The Morgan fingerprint density at radius 2 is 1.79 bits per heavy atom. The van der Waals surface area contributed by atoms with E-state index in [2.05, 4.69) is 43.4 Å². The SMILES string of the molecule is CC(C)c1cccc(NCCN(C(=O)OC(C)(C)C)C(C)(C)C)c1. The van der Waals surface area contributed by atoms with Crippen LogP contribution in [0.3, 0.4) is 0 Å². The third-order valence-corrected chi connectivity index (χ3v) is 3.64. The molecule has 0 aromatic heterocycles. The number of amides is 1. The summed E-state index contributed by atoms with van der Waals surface area (Å²) in [5, 5.41) is 3.41. The van der Waals surface area contributed by atoms with Crippen molar-refractivity contribution in [1.29, 1.82) is 0 Å². The van der Waals surface area contributed by atoms with Gasteiger partial charge in [0, 0.05) is 24.3 Å². The molecule has 0 spiro atoms. The van der Waals surface area contributed by atoms with Crippen LogP contribution in [0.15, 0.2) is 24.3 Å². The number of hydrogen-bond donors (Lipinski definition) is 1. The first-order chi connectivity index (χ1) is 10.9. The van der Waals surface area contributed by atoms with Crippen molar-refractivity contribution in [2.24, 2.45) is 0 Å². The first-order valence-electron chi connectivity index (χ1n) is 8.74. The lowest BCUT2D eigenvalue weighted by Crippen LogP contribution is -2.49. The maximum Gasteiger partial charge on any atom is 0.410 e. The van der Waals surface area contributed by atoms with Gasteiger partial charge in [-0.1, -0.05) is 26.0 Å². The van der Waals surface area contributed by atoms with E-state index in [1.807, 2.05) is 41.5 Å². The van der Waals surface area contributed by atoms with Crippen LogP contribution in [-0.2, 0) is 4.74 Å². The Labute approximate surface area is 147 Å². The third-order valence-electron chi connectivity index (χ3n) is 3.64. The van der Waals surface area contributed by atoms with Gasteiger partial charge in [-0.25, -0.2) is 4.79 Å². The molecule has 136 valence electrons. The molecule has 0 aliphatic carbocycles. The molecule has 1 N–H and O–H groups in total. The lowest BCUT2D eigenvalue weighted by atomic mass is 10.0. The van der Waals surface area contributed by atoms with Crippen LogP contribution in [0.1, 0.15) is 66.9 Å². The van der Waals surface area contributed by atoms with Gasteiger partial charge in [-0.15, -0.1) is 0 Å². The van der Waals surface area contributed by atoms with E-state index in [1.54, 1.807) is 4.90 Å². The van der Waals surface area contributed by atoms with Gasteiger partial charge in [0.1, 0.15) is 5.60 Å². The van der Waals surface area contributed by atoms with Crippen molar-refractivity contribution < 1.29 is 9.53 Å². The van der Waals surface area contributed by atoms with Crippen molar-refractivity contribution in [3.05, 3.63) is 29.8 Å². The van der Waals surface area contributed by atoms with Gasteiger partial charge >= 0.3 is 6.09 Å². The average Bonchev–Trinajstić information content (AvgIpc) is 2.40. The molecule has 0 bridgehead atoms. The quantitative estimate of drug-likeness (QED) is 0.799. The summed E-state index contributed by atoms with van der Waals surface area (Å²) < 4.78 is 5.54. The number of benzene rings is 1. The van der Waals surface area contributed by atoms with E-state index >= 15 is 0 Å². The first-order valence-corrected chi connectivity index (χ1v) is 8.74. The second-order valence-electron chi connectivity index (χ2n) is 8.51. The predicted molar refractivity (Wildman–Crippen MR) is 102 cm³/mol. The van der Waals surface area contributed by atoms with Crippen LogP contribution in [0, 0.1) is 0 Å². The fourth-order valence-electron chi connectivity index (χ4n) is 2.34. The van der Waals surface area contributed by atoms with Gasteiger partial charge in [-0.2, -0.15) is 0 Å². The topological polar surface area (TPSA) is 41.6 Å². The molecule has 1 aromatic rings. The number of ether oxygens (including phenoxy) is 1.